The molecule has 0 spiro atoms. The second-order valence-corrected chi connectivity index (χ2v) is 5.95. The number of nitrogens with zero attached hydrogens (tertiary/aromatic N) is 2. The first-order valence-electron chi connectivity index (χ1n) is 8.33. The van der Waals surface area contributed by atoms with Crippen LogP contribution in [0.2, 0.25) is 0 Å². The van der Waals surface area contributed by atoms with E-state index in [1.165, 1.54) is 25.1 Å². The normalized spacial score (nSPS) is 11.7. The van der Waals surface area contributed by atoms with E-state index < -0.39 is 23.8 Å². The number of aromatic nitrogens is 2. The highest BCUT2D eigenvalue weighted by molar-refractivity contribution is 5.97. The molecule has 0 aliphatic carbocycles. The van der Waals surface area contributed by atoms with Gasteiger partial charge in [-0.15, -0.1) is 0 Å². The Bertz CT molecular complexity index is 967. The first kappa shape index (κ1) is 18.3. The minimum Gasteiger partial charge on any atom is -0.449 e. The number of hydrogen-bond donors (Lipinski definition) is 1. The van der Waals surface area contributed by atoms with E-state index >= 15 is 0 Å². The third kappa shape index (κ3) is 4.20. The molecular weight excluding hydrogens is 349 g/mol. The monoisotopic (exact) mass is 367 g/mol. The summed E-state index contributed by atoms with van der Waals surface area (Å²) in [6, 6.07) is 14.3. The predicted octanol–water partition coefficient (Wildman–Crippen LogP) is 3.50. The zero-order chi connectivity index (χ0) is 19.4. The Kier molecular flexibility index (Phi) is 5.30. The topological polar surface area (TPSA) is 73.2 Å². The Balaban J connectivity index is 1.63. The number of aryl methyl sites for hydroxylation is 1. The van der Waals surface area contributed by atoms with E-state index in [9.17, 15) is 14.0 Å². The summed E-state index contributed by atoms with van der Waals surface area (Å²) >= 11 is 0. The maximum absolute atomic E-state index is 13.6. The summed E-state index contributed by atoms with van der Waals surface area (Å²) in [6.07, 6.45) is 0.609. The van der Waals surface area contributed by atoms with E-state index in [0.29, 0.717) is 5.56 Å². The molecule has 0 saturated heterocycles. The molecule has 0 saturated carbocycles. The summed E-state index contributed by atoms with van der Waals surface area (Å²) in [6.45, 7) is 3.35. The summed E-state index contributed by atoms with van der Waals surface area (Å²) in [4.78, 5) is 24.4. The first-order valence-corrected chi connectivity index (χ1v) is 8.33. The molecule has 0 bridgehead atoms. The zero-order valence-corrected chi connectivity index (χ0v) is 14.8. The van der Waals surface area contributed by atoms with Crippen LogP contribution in [-0.4, -0.2) is 27.8 Å². The number of nitrogens with one attached hydrogen (secondary N) is 1. The fourth-order valence-corrected chi connectivity index (χ4v) is 2.46. The Morgan fingerprint density at radius 3 is 2.44 bits per heavy atom. The van der Waals surface area contributed by atoms with Crippen molar-refractivity contribution in [2.45, 2.75) is 20.0 Å². The highest BCUT2D eigenvalue weighted by Gasteiger charge is 2.20. The van der Waals surface area contributed by atoms with Gasteiger partial charge in [-0.25, -0.2) is 13.9 Å². The molecule has 3 aromatic rings. The number of rotatable bonds is 5. The molecule has 1 N–H and O–H groups in total. The molecule has 0 aliphatic rings. The van der Waals surface area contributed by atoms with Gasteiger partial charge in [0.15, 0.2) is 6.10 Å². The molecule has 138 valence electrons. The number of halogens is 1. The van der Waals surface area contributed by atoms with Crippen LogP contribution in [0.1, 0.15) is 23.0 Å². The quantitative estimate of drug-likeness (QED) is 0.701. The van der Waals surface area contributed by atoms with E-state index in [4.69, 9.17) is 4.74 Å². The second kappa shape index (κ2) is 7.82. The van der Waals surface area contributed by atoms with Crippen molar-refractivity contribution in [3.05, 3.63) is 77.9 Å². The van der Waals surface area contributed by atoms with Gasteiger partial charge in [0.25, 0.3) is 5.91 Å². The standard InChI is InChI=1S/C20H18FN3O3/c1-13-11-12-22-24(13)16-9-7-15(8-10-16)20(26)27-14(2)19(25)23-18-6-4-3-5-17(18)21/h3-12,14H,1-2H3,(H,23,25)/t14-/m1/s1. The van der Waals surface area contributed by atoms with Crippen LogP contribution in [0.3, 0.4) is 0 Å². The summed E-state index contributed by atoms with van der Waals surface area (Å²) in [5.41, 5.74) is 2.10. The summed E-state index contributed by atoms with van der Waals surface area (Å²) < 4.78 is 20.5. The van der Waals surface area contributed by atoms with Crippen molar-refractivity contribution >= 4 is 17.6 Å². The largest absolute Gasteiger partial charge is 0.449 e. The number of amides is 1. The van der Waals surface area contributed by atoms with Crippen LogP contribution in [0.5, 0.6) is 0 Å². The molecule has 27 heavy (non-hydrogen) atoms. The lowest BCUT2D eigenvalue weighted by Gasteiger charge is -2.14. The molecule has 3 rings (SSSR count). The van der Waals surface area contributed by atoms with Gasteiger partial charge in [0.1, 0.15) is 5.82 Å². The van der Waals surface area contributed by atoms with Gasteiger partial charge in [0, 0.05) is 11.9 Å². The third-order valence-electron chi connectivity index (χ3n) is 3.96. The van der Waals surface area contributed by atoms with Crippen LogP contribution >= 0.6 is 0 Å². The maximum Gasteiger partial charge on any atom is 0.338 e. The Morgan fingerprint density at radius 1 is 1.11 bits per heavy atom. The Morgan fingerprint density at radius 2 is 1.81 bits per heavy atom. The maximum atomic E-state index is 13.6. The van der Waals surface area contributed by atoms with Gasteiger partial charge >= 0.3 is 5.97 Å². The highest BCUT2D eigenvalue weighted by atomic mass is 19.1. The summed E-state index contributed by atoms with van der Waals surface area (Å²) in [5, 5.41) is 6.59. The van der Waals surface area contributed by atoms with Crippen molar-refractivity contribution in [2.75, 3.05) is 5.32 Å². The third-order valence-corrected chi connectivity index (χ3v) is 3.96. The molecule has 1 heterocycles. The van der Waals surface area contributed by atoms with Gasteiger partial charge in [0.2, 0.25) is 0 Å². The van der Waals surface area contributed by atoms with Gasteiger partial charge in [-0.2, -0.15) is 5.10 Å². The molecule has 0 fully saturated rings. The van der Waals surface area contributed by atoms with Crippen LogP contribution in [0, 0.1) is 12.7 Å². The van der Waals surface area contributed by atoms with Gasteiger partial charge in [-0.3, -0.25) is 4.79 Å². The van der Waals surface area contributed by atoms with Gasteiger partial charge in [-0.1, -0.05) is 12.1 Å². The van der Waals surface area contributed by atoms with Crippen LogP contribution in [0.4, 0.5) is 10.1 Å². The van der Waals surface area contributed by atoms with Crippen molar-refractivity contribution < 1.29 is 18.7 Å². The summed E-state index contributed by atoms with van der Waals surface area (Å²) in [5.74, 6) is -1.82. The zero-order valence-electron chi connectivity index (χ0n) is 14.8. The van der Waals surface area contributed by atoms with Crippen LogP contribution in [0.15, 0.2) is 60.8 Å². The highest BCUT2D eigenvalue weighted by Crippen LogP contribution is 2.15. The molecule has 0 unspecified atom stereocenters. The lowest BCUT2D eigenvalue weighted by atomic mass is 10.2. The van der Waals surface area contributed by atoms with E-state index in [2.05, 4.69) is 10.4 Å². The molecule has 1 atom stereocenters. The lowest BCUT2D eigenvalue weighted by Crippen LogP contribution is -2.30. The minimum absolute atomic E-state index is 0.0318. The van der Waals surface area contributed by atoms with Crippen molar-refractivity contribution in [3.8, 4) is 5.69 Å². The SMILES string of the molecule is Cc1ccnn1-c1ccc(C(=O)O[C@H](C)C(=O)Nc2ccccc2F)cc1. The first-order chi connectivity index (χ1) is 13.0. The Labute approximate surface area is 155 Å². The van der Waals surface area contributed by atoms with Crippen LogP contribution in [-0.2, 0) is 9.53 Å². The number of benzene rings is 2. The fraction of sp³-hybridized carbons (Fsp3) is 0.150. The number of ether oxygens (including phenoxy) is 1. The summed E-state index contributed by atoms with van der Waals surface area (Å²) in [7, 11) is 0. The minimum atomic E-state index is -1.08. The Hall–Kier alpha value is -3.48. The van der Waals surface area contributed by atoms with Crippen molar-refractivity contribution in [2.24, 2.45) is 0 Å². The average molecular weight is 367 g/mol. The number of esters is 1. The number of anilines is 1. The van der Waals surface area contributed by atoms with Crippen molar-refractivity contribution in [1.82, 2.24) is 9.78 Å². The van der Waals surface area contributed by atoms with Crippen molar-refractivity contribution in [3.63, 3.8) is 0 Å². The van der Waals surface area contributed by atoms with Crippen LogP contribution in [0.25, 0.3) is 5.69 Å². The van der Waals surface area contributed by atoms with Crippen molar-refractivity contribution in [1.29, 1.82) is 0 Å². The van der Waals surface area contributed by atoms with E-state index in [1.54, 1.807) is 41.2 Å². The second-order valence-electron chi connectivity index (χ2n) is 5.95. The molecule has 1 aromatic heterocycles. The molecule has 0 aliphatic heterocycles. The van der Waals surface area contributed by atoms with E-state index in [1.807, 2.05) is 13.0 Å². The average Bonchev–Trinajstić information content (AvgIpc) is 3.09. The number of carbonyl (C=O) groups is 2. The van der Waals surface area contributed by atoms with E-state index in [0.717, 1.165) is 11.4 Å². The molecular formula is C20H18FN3O3. The molecule has 1 amide bonds. The number of hydrogen-bond acceptors (Lipinski definition) is 4. The number of para-hydroxylation sites is 1. The molecule has 7 heteroatoms. The van der Waals surface area contributed by atoms with Crippen LogP contribution < -0.4 is 5.32 Å². The van der Waals surface area contributed by atoms with Gasteiger partial charge < -0.3 is 10.1 Å². The number of carbonyl (C=O) groups excluding carboxylic acids is 2. The predicted molar refractivity (Wildman–Crippen MR) is 98.2 cm³/mol. The lowest BCUT2D eigenvalue weighted by molar-refractivity contribution is -0.123. The van der Waals surface area contributed by atoms with Gasteiger partial charge in [-0.05, 0) is 56.3 Å². The molecule has 6 nitrogen and oxygen atoms in total. The van der Waals surface area contributed by atoms with E-state index in [-0.39, 0.29) is 5.69 Å². The molecule has 0 radical (unpaired) electrons. The smallest absolute Gasteiger partial charge is 0.338 e. The molecule has 2 aromatic carbocycles. The fourth-order valence-electron chi connectivity index (χ4n) is 2.46. The van der Waals surface area contributed by atoms with Gasteiger partial charge in [0.05, 0.1) is 16.9 Å².